The largest absolute Gasteiger partial charge is 0.148 e. The topological polar surface area (TPSA) is 0 Å². The van der Waals surface area contributed by atoms with Gasteiger partial charge in [0.15, 0.2) is 0 Å². The molecule has 0 aliphatic heterocycles. The van der Waals surface area contributed by atoms with Gasteiger partial charge in [-0.1, -0.05) is 13.0 Å². The first-order valence-corrected chi connectivity index (χ1v) is 5.70. The Bertz CT molecular complexity index is 255. The third-order valence-corrected chi connectivity index (χ3v) is 4.35. The lowest BCUT2D eigenvalue weighted by atomic mass is 9.87. The fraction of sp³-hybridized carbons (Fsp3) is 0.600. The number of hydrogen-bond acceptors (Lipinski definition) is 1. The Hall–Kier alpha value is -0.0100. The molecular formula is C10H13ClS. The second-order valence-electron chi connectivity index (χ2n) is 3.88. The van der Waals surface area contributed by atoms with Gasteiger partial charge in [0, 0.05) is 15.7 Å². The van der Waals surface area contributed by atoms with Crippen LogP contribution in [0, 0.1) is 0 Å². The van der Waals surface area contributed by atoms with Gasteiger partial charge in [0.1, 0.15) is 0 Å². The van der Waals surface area contributed by atoms with E-state index in [2.05, 4.69) is 24.4 Å². The number of rotatable bonds is 1. The Morgan fingerprint density at radius 1 is 1.67 bits per heavy atom. The molecule has 12 heavy (non-hydrogen) atoms. The van der Waals surface area contributed by atoms with Crippen molar-refractivity contribution in [2.45, 2.75) is 37.0 Å². The highest BCUT2D eigenvalue weighted by molar-refractivity contribution is 7.10. The molecule has 1 aliphatic carbocycles. The lowest BCUT2D eigenvalue weighted by Gasteiger charge is -2.21. The van der Waals surface area contributed by atoms with Crippen molar-refractivity contribution >= 4 is 22.9 Å². The van der Waals surface area contributed by atoms with Crippen LogP contribution in [0.15, 0.2) is 17.5 Å². The molecule has 0 amide bonds. The van der Waals surface area contributed by atoms with Crippen molar-refractivity contribution in [3.63, 3.8) is 0 Å². The Morgan fingerprint density at radius 2 is 2.50 bits per heavy atom. The second-order valence-corrected chi connectivity index (χ2v) is 5.44. The molecule has 0 saturated heterocycles. The lowest BCUT2D eigenvalue weighted by molar-refractivity contribution is 0.503. The van der Waals surface area contributed by atoms with E-state index in [1.807, 2.05) is 11.3 Å². The van der Waals surface area contributed by atoms with Crippen LogP contribution in [0.3, 0.4) is 0 Å². The van der Waals surface area contributed by atoms with Crippen LogP contribution < -0.4 is 0 Å². The molecule has 66 valence electrons. The molecule has 1 saturated carbocycles. The molecule has 2 unspecified atom stereocenters. The van der Waals surface area contributed by atoms with Crippen molar-refractivity contribution < 1.29 is 0 Å². The van der Waals surface area contributed by atoms with Gasteiger partial charge in [-0.05, 0) is 30.7 Å². The number of thiophene rings is 1. The van der Waals surface area contributed by atoms with Crippen molar-refractivity contribution in [1.82, 2.24) is 0 Å². The highest BCUT2D eigenvalue weighted by atomic mass is 35.5. The third-order valence-electron chi connectivity index (χ3n) is 2.80. The summed E-state index contributed by atoms with van der Waals surface area (Å²) < 4.78 is 0. The zero-order chi connectivity index (χ0) is 8.60. The predicted molar refractivity (Wildman–Crippen MR) is 55.2 cm³/mol. The van der Waals surface area contributed by atoms with Gasteiger partial charge in [0.25, 0.3) is 0 Å². The molecule has 0 aromatic carbocycles. The van der Waals surface area contributed by atoms with Crippen molar-refractivity contribution in [1.29, 1.82) is 0 Å². The molecule has 0 bridgehead atoms. The van der Waals surface area contributed by atoms with Crippen molar-refractivity contribution in [3.8, 4) is 0 Å². The standard InChI is InChI=1S/C10H13ClS/c1-10(5-4-8(11)7-10)9-3-2-6-12-9/h2-3,6,8H,4-5,7H2,1H3. The van der Waals surface area contributed by atoms with Crippen LogP contribution in [0.5, 0.6) is 0 Å². The van der Waals surface area contributed by atoms with E-state index in [1.54, 1.807) is 0 Å². The van der Waals surface area contributed by atoms with Gasteiger partial charge >= 0.3 is 0 Å². The maximum absolute atomic E-state index is 6.12. The minimum Gasteiger partial charge on any atom is -0.148 e. The van der Waals surface area contributed by atoms with Crippen LogP contribution in [0.25, 0.3) is 0 Å². The van der Waals surface area contributed by atoms with E-state index in [1.165, 1.54) is 17.7 Å². The molecule has 1 heterocycles. The summed E-state index contributed by atoms with van der Waals surface area (Å²) in [4.78, 5) is 1.51. The summed E-state index contributed by atoms with van der Waals surface area (Å²) in [6.45, 7) is 2.33. The fourth-order valence-corrected chi connectivity index (χ4v) is 3.39. The van der Waals surface area contributed by atoms with Gasteiger partial charge in [-0.3, -0.25) is 0 Å². The molecule has 2 rings (SSSR count). The van der Waals surface area contributed by atoms with E-state index >= 15 is 0 Å². The maximum atomic E-state index is 6.12. The molecule has 0 nitrogen and oxygen atoms in total. The SMILES string of the molecule is CC1(c2cccs2)CCC(Cl)C1. The summed E-state index contributed by atoms with van der Waals surface area (Å²) in [5.74, 6) is 0. The summed E-state index contributed by atoms with van der Waals surface area (Å²) in [7, 11) is 0. The van der Waals surface area contributed by atoms with Crippen LogP contribution in [-0.2, 0) is 5.41 Å². The smallest absolute Gasteiger partial charge is 0.0345 e. The van der Waals surface area contributed by atoms with Crippen molar-refractivity contribution in [2.75, 3.05) is 0 Å². The predicted octanol–water partition coefficient (Wildman–Crippen LogP) is 3.80. The summed E-state index contributed by atoms with van der Waals surface area (Å²) >= 11 is 7.98. The Kier molecular flexibility index (Phi) is 2.18. The molecule has 2 atom stereocenters. The first kappa shape index (κ1) is 8.58. The summed E-state index contributed by atoms with van der Waals surface area (Å²) in [5.41, 5.74) is 0.376. The molecule has 0 N–H and O–H groups in total. The number of halogens is 1. The molecule has 2 heteroatoms. The van der Waals surface area contributed by atoms with Gasteiger partial charge in [0.2, 0.25) is 0 Å². The minimum atomic E-state index is 0.376. The highest BCUT2D eigenvalue weighted by Gasteiger charge is 2.36. The minimum absolute atomic E-state index is 0.376. The maximum Gasteiger partial charge on any atom is 0.0345 e. The van der Waals surface area contributed by atoms with E-state index < -0.39 is 0 Å². The fourth-order valence-electron chi connectivity index (χ4n) is 2.01. The van der Waals surface area contributed by atoms with Crippen molar-refractivity contribution in [2.24, 2.45) is 0 Å². The van der Waals surface area contributed by atoms with Crippen LogP contribution >= 0.6 is 22.9 Å². The molecule has 0 radical (unpaired) electrons. The quantitative estimate of drug-likeness (QED) is 0.605. The van der Waals surface area contributed by atoms with Crippen LogP contribution in [0.1, 0.15) is 31.1 Å². The number of alkyl halides is 1. The zero-order valence-electron chi connectivity index (χ0n) is 7.22. The molecule has 1 aliphatic rings. The van der Waals surface area contributed by atoms with Gasteiger partial charge in [-0.25, -0.2) is 0 Å². The van der Waals surface area contributed by atoms with Crippen molar-refractivity contribution in [3.05, 3.63) is 22.4 Å². The van der Waals surface area contributed by atoms with Gasteiger partial charge in [0.05, 0.1) is 0 Å². The second kappa shape index (κ2) is 3.04. The Balaban J connectivity index is 2.23. The van der Waals surface area contributed by atoms with Gasteiger partial charge in [-0.15, -0.1) is 22.9 Å². The van der Waals surface area contributed by atoms with Crippen LogP contribution in [0.4, 0.5) is 0 Å². The molecular weight excluding hydrogens is 188 g/mol. The van der Waals surface area contributed by atoms with Crippen LogP contribution in [-0.4, -0.2) is 5.38 Å². The lowest BCUT2D eigenvalue weighted by Crippen LogP contribution is -2.15. The van der Waals surface area contributed by atoms with E-state index in [9.17, 15) is 0 Å². The average Bonchev–Trinajstić information content (AvgIpc) is 2.59. The van der Waals surface area contributed by atoms with E-state index in [4.69, 9.17) is 11.6 Å². The zero-order valence-corrected chi connectivity index (χ0v) is 8.79. The Labute approximate surface area is 82.6 Å². The summed E-state index contributed by atoms with van der Waals surface area (Å²) in [5, 5.41) is 2.55. The van der Waals surface area contributed by atoms with E-state index in [0.717, 1.165) is 6.42 Å². The highest BCUT2D eigenvalue weighted by Crippen LogP contribution is 2.44. The van der Waals surface area contributed by atoms with E-state index in [0.29, 0.717) is 10.8 Å². The normalized spacial score (nSPS) is 35.7. The Morgan fingerprint density at radius 3 is 3.00 bits per heavy atom. The van der Waals surface area contributed by atoms with Crippen LogP contribution in [0.2, 0.25) is 0 Å². The molecule has 1 aromatic rings. The molecule has 1 fully saturated rings. The molecule has 0 spiro atoms. The first-order valence-electron chi connectivity index (χ1n) is 4.39. The average molecular weight is 201 g/mol. The molecule has 1 aromatic heterocycles. The first-order chi connectivity index (χ1) is 5.71. The summed E-state index contributed by atoms with van der Waals surface area (Å²) in [6.07, 6.45) is 3.58. The third kappa shape index (κ3) is 1.40. The monoisotopic (exact) mass is 200 g/mol. The van der Waals surface area contributed by atoms with Gasteiger partial charge < -0.3 is 0 Å². The van der Waals surface area contributed by atoms with E-state index in [-0.39, 0.29) is 0 Å². The number of hydrogen-bond donors (Lipinski definition) is 0. The van der Waals surface area contributed by atoms with Gasteiger partial charge in [-0.2, -0.15) is 0 Å². The summed E-state index contributed by atoms with van der Waals surface area (Å²) in [6, 6.07) is 4.37.